The summed E-state index contributed by atoms with van der Waals surface area (Å²) in [4.78, 5) is 10.5. The standard InChI is InChI=1S/C22H37NO5S/c23-29(26,27)21-17-15-20(16-18-21)28-19-13-11-9-7-5-3-1-2-4-6-8-10-12-14-22(24)25/h15-18H,1-14,19H2,(H,24,25)(H2,23,26,27). The molecular formula is C22H37NO5S. The van der Waals surface area contributed by atoms with E-state index in [1.807, 2.05) is 0 Å². The van der Waals surface area contributed by atoms with Crippen LogP contribution in [0.4, 0.5) is 0 Å². The normalized spacial score (nSPS) is 11.5. The largest absolute Gasteiger partial charge is 0.494 e. The first-order chi connectivity index (χ1) is 13.9. The molecule has 166 valence electrons. The van der Waals surface area contributed by atoms with E-state index in [2.05, 4.69) is 0 Å². The number of primary sulfonamides is 1. The summed E-state index contributed by atoms with van der Waals surface area (Å²) >= 11 is 0. The Balaban J connectivity index is 1.85. The molecule has 1 aromatic carbocycles. The lowest BCUT2D eigenvalue weighted by Gasteiger charge is -2.07. The third kappa shape index (κ3) is 14.1. The Morgan fingerprint density at radius 2 is 1.17 bits per heavy atom. The fourth-order valence-electron chi connectivity index (χ4n) is 3.24. The molecule has 0 saturated carbocycles. The number of hydrogen-bond acceptors (Lipinski definition) is 4. The van der Waals surface area contributed by atoms with Crippen LogP contribution in [0.5, 0.6) is 5.75 Å². The fraction of sp³-hybridized carbons (Fsp3) is 0.682. The molecule has 0 fully saturated rings. The van der Waals surface area contributed by atoms with Crippen molar-refractivity contribution in [2.75, 3.05) is 6.61 Å². The van der Waals surface area contributed by atoms with Gasteiger partial charge in [0.1, 0.15) is 5.75 Å². The third-order valence-corrected chi connectivity index (χ3v) is 5.89. The second-order valence-corrected chi connectivity index (χ2v) is 9.17. The van der Waals surface area contributed by atoms with Crippen molar-refractivity contribution in [3.63, 3.8) is 0 Å². The number of nitrogens with two attached hydrogens (primary N) is 1. The molecule has 6 nitrogen and oxygen atoms in total. The highest BCUT2D eigenvalue weighted by atomic mass is 32.2. The number of ether oxygens (including phenoxy) is 1. The molecule has 0 aliphatic heterocycles. The van der Waals surface area contributed by atoms with E-state index in [1.54, 1.807) is 12.1 Å². The zero-order valence-electron chi connectivity index (χ0n) is 17.5. The van der Waals surface area contributed by atoms with Crippen LogP contribution in [0.25, 0.3) is 0 Å². The lowest BCUT2D eigenvalue weighted by molar-refractivity contribution is -0.137. The first-order valence-electron chi connectivity index (χ1n) is 10.9. The number of rotatable bonds is 18. The zero-order valence-corrected chi connectivity index (χ0v) is 18.3. The first-order valence-corrected chi connectivity index (χ1v) is 12.4. The molecule has 0 aliphatic rings. The Hall–Kier alpha value is -1.60. The number of carboxylic acid groups (broad SMARTS) is 1. The van der Waals surface area contributed by atoms with Gasteiger partial charge < -0.3 is 9.84 Å². The predicted octanol–water partition coefficient (Wildman–Crippen LogP) is 5.26. The van der Waals surface area contributed by atoms with E-state index in [0.717, 1.165) is 32.1 Å². The molecule has 0 bridgehead atoms. The summed E-state index contributed by atoms with van der Waals surface area (Å²) in [7, 11) is -3.65. The van der Waals surface area contributed by atoms with Crippen molar-refractivity contribution in [2.24, 2.45) is 5.14 Å². The van der Waals surface area contributed by atoms with Crippen molar-refractivity contribution < 1.29 is 23.1 Å². The van der Waals surface area contributed by atoms with Crippen molar-refractivity contribution in [1.82, 2.24) is 0 Å². The second-order valence-electron chi connectivity index (χ2n) is 7.60. The van der Waals surface area contributed by atoms with Crippen molar-refractivity contribution in [3.05, 3.63) is 24.3 Å². The molecule has 0 saturated heterocycles. The number of unbranched alkanes of at least 4 members (excludes halogenated alkanes) is 12. The lowest BCUT2D eigenvalue weighted by Crippen LogP contribution is -2.11. The molecule has 0 spiro atoms. The Bertz CT molecular complexity index is 658. The van der Waals surface area contributed by atoms with Gasteiger partial charge in [-0.15, -0.1) is 0 Å². The smallest absolute Gasteiger partial charge is 0.303 e. The summed E-state index contributed by atoms with van der Waals surface area (Å²) < 4.78 is 28.0. The van der Waals surface area contributed by atoms with Crippen LogP contribution in [0.3, 0.4) is 0 Å². The van der Waals surface area contributed by atoms with Gasteiger partial charge in [-0.2, -0.15) is 0 Å². The van der Waals surface area contributed by atoms with E-state index in [4.69, 9.17) is 15.0 Å². The monoisotopic (exact) mass is 427 g/mol. The molecule has 0 amide bonds. The maximum Gasteiger partial charge on any atom is 0.303 e. The van der Waals surface area contributed by atoms with Crippen LogP contribution >= 0.6 is 0 Å². The topological polar surface area (TPSA) is 107 Å². The van der Waals surface area contributed by atoms with Gasteiger partial charge in [-0.3, -0.25) is 4.79 Å². The number of carboxylic acids is 1. The summed E-state index contributed by atoms with van der Waals surface area (Å²) in [5.41, 5.74) is 0. The minimum Gasteiger partial charge on any atom is -0.494 e. The van der Waals surface area contributed by atoms with Crippen molar-refractivity contribution in [2.45, 2.75) is 94.8 Å². The van der Waals surface area contributed by atoms with Gasteiger partial charge in [0.2, 0.25) is 10.0 Å². The number of carbonyl (C=O) groups is 1. The first kappa shape index (κ1) is 25.4. The molecule has 0 atom stereocenters. The summed E-state index contributed by atoms with van der Waals surface area (Å²) in [6.45, 7) is 0.640. The van der Waals surface area contributed by atoms with Crippen LogP contribution in [0.15, 0.2) is 29.2 Å². The summed E-state index contributed by atoms with van der Waals surface area (Å²) in [5, 5.41) is 13.6. The number of aliphatic carboxylic acids is 1. The maximum atomic E-state index is 11.2. The van der Waals surface area contributed by atoms with Gasteiger partial charge in [-0.1, -0.05) is 70.6 Å². The second kappa shape index (κ2) is 15.3. The van der Waals surface area contributed by atoms with Gasteiger partial charge in [-0.25, -0.2) is 13.6 Å². The van der Waals surface area contributed by atoms with Crippen LogP contribution in [-0.4, -0.2) is 26.1 Å². The molecule has 0 heterocycles. The zero-order chi connectivity index (χ0) is 21.4. The molecule has 1 rings (SSSR count). The van der Waals surface area contributed by atoms with E-state index in [9.17, 15) is 13.2 Å². The average Bonchev–Trinajstić information content (AvgIpc) is 2.67. The number of benzene rings is 1. The van der Waals surface area contributed by atoms with Crippen LogP contribution in [-0.2, 0) is 14.8 Å². The van der Waals surface area contributed by atoms with E-state index in [0.29, 0.717) is 18.8 Å². The van der Waals surface area contributed by atoms with Crippen LogP contribution in [0.2, 0.25) is 0 Å². The fourth-order valence-corrected chi connectivity index (χ4v) is 3.75. The lowest BCUT2D eigenvalue weighted by atomic mass is 10.0. The van der Waals surface area contributed by atoms with E-state index in [1.165, 1.54) is 63.5 Å². The molecule has 0 radical (unpaired) electrons. The predicted molar refractivity (Wildman–Crippen MR) is 116 cm³/mol. The van der Waals surface area contributed by atoms with Crippen molar-refractivity contribution in [1.29, 1.82) is 0 Å². The highest BCUT2D eigenvalue weighted by Gasteiger charge is 2.06. The van der Waals surface area contributed by atoms with Gasteiger partial charge in [0.25, 0.3) is 0 Å². The minimum absolute atomic E-state index is 0.0978. The van der Waals surface area contributed by atoms with Gasteiger partial charge >= 0.3 is 5.97 Å². The minimum atomic E-state index is -3.65. The van der Waals surface area contributed by atoms with Crippen molar-refractivity contribution in [3.8, 4) is 5.75 Å². The van der Waals surface area contributed by atoms with Gasteiger partial charge in [0.05, 0.1) is 11.5 Å². The molecule has 0 aliphatic carbocycles. The van der Waals surface area contributed by atoms with Crippen molar-refractivity contribution >= 4 is 16.0 Å². The number of sulfonamides is 1. The summed E-state index contributed by atoms with van der Waals surface area (Å²) in [6.07, 6.45) is 15.6. The highest BCUT2D eigenvalue weighted by Crippen LogP contribution is 2.16. The van der Waals surface area contributed by atoms with Gasteiger partial charge in [0, 0.05) is 6.42 Å². The van der Waals surface area contributed by atoms with Gasteiger partial charge in [0.15, 0.2) is 0 Å². The Morgan fingerprint density at radius 3 is 1.59 bits per heavy atom. The van der Waals surface area contributed by atoms with E-state index in [-0.39, 0.29) is 4.90 Å². The molecule has 7 heteroatoms. The third-order valence-electron chi connectivity index (χ3n) is 4.96. The Kier molecular flexibility index (Phi) is 13.4. The Morgan fingerprint density at radius 1 is 0.759 bits per heavy atom. The highest BCUT2D eigenvalue weighted by molar-refractivity contribution is 7.89. The molecule has 1 aromatic rings. The molecule has 29 heavy (non-hydrogen) atoms. The summed E-state index contributed by atoms with van der Waals surface area (Å²) in [5.74, 6) is -0.0195. The molecule has 0 aromatic heterocycles. The van der Waals surface area contributed by atoms with E-state index < -0.39 is 16.0 Å². The van der Waals surface area contributed by atoms with E-state index >= 15 is 0 Å². The van der Waals surface area contributed by atoms with Crippen LogP contribution in [0.1, 0.15) is 89.9 Å². The number of hydrogen-bond donors (Lipinski definition) is 2. The molecule has 3 N–H and O–H groups in total. The summed E-state index contributed by atoms with van der Waals surface area (Å²) in [6, 6.07) is 6.19. The maximum absolute atomic E-state index is 11.2. The van der Waals surface area contributed by atoms with Gasteiger partial charge in [-0.05, 0) is 37.1 Å². The SMILES string of the molecule is NS(=O)(=O)c1ccc(OCCCCCCCCCCCCCCCC(=O)O)cc1. The average molecular weight is 428 g/mol. The quantitative estimate of drug-likeness (QED) is 0.311. The van der Waals surface area contributed by atoms with Crippen LogP contribution in [0, 0.1) is 0 Å². The van der Waals surface area contributed by atoms with Crippen LogP contribution < -0.4 is 9.88 Å². The molecular weight excluding hydrogens is 390 g/mol. The Labute approximate surface area is 175 Å². The molecule has 0 unspecified atom stereocenters.